The number of hydrogen-bond donors (Lipinski definition) is 1. The molecule has 3 heteroatoms. The molecule has 0 bridgehead atoms. The van der Waals surface area contributed by atoms with Gasteiger partial charge >= 0.3 is 0 Å². The predicted octanol–water partition coefficient (Wildman–Crippen LogP) is 1.90. The average Bonchev–Trinajstić information content (AvgIpc) is 2.68. The highest BCUT2D eigenvalue weighted by Gasteiger charge is 2.31. The monoisotopic (exact) mass is 227 g/mol. The summed E-state index contributed by atoms with van der Waals surface area (Å²) < 4.78 is 0. The Kier molecular flexibility index (Phi) is 5.26. The maximum Gasteiger partial charge on any atom is 0.224 e. The highest BCUT2D eigenvalue weighted by molar-refractivity contribution is 5.76. The van der Waals surface area contributed by atoms with E-state index in [2.05, 4.69) is 20.8 Å². The normalized spacial score (nSPS) is 22.8. The molecular formula is C13H25NO2. The van der Waals surface area contributed by atoms with E-state index in [1.807, 2.05) is 4.90 Å². The van der Waals surface area contributed by atoms with Crippen LogP contribution in [0.2, 0.25) is 0 Å². The molecule has 1 fully saturated rings. The lowest BCUT2D eigenvalue weighted by atomic mass is 9.81. The predicted molar refractivity (Wildman–Crippen MR) is 65.0 cm³/mol. The molecule has 1 saturated heterocycles. The SMILES string of the molecule is CCC(C(C)C)C1CCN(C(=O)CCO)C1. The molecule has 0 saturated carbocycles. The van der Waals surface area contributed by atoms with Gasteiger partial charge < -0.3 is 10.0 Å². The van der Waals surface area contributed by atoms with Crippen LogP contribution in [0.4, 0.5) is 0 Å². The topological polar surface area (TPSA) is 40.5 Å². The third kappa shape index (κ3) is 3.21. The van der Waals surface area contributed by atoms with E-state index in [0.29, 0.717) is 11.8 Å². The third-order valence-corrected chi connectivity index (χ3v) is 3.84. The Labute approximate surface area is 98.8 Å². The van der Waals surface area contributed by atoms with Crippen LogP contribution in [0, 0.1) is 17.8 Å². The first-order valence-electron chi connectivity index (χ1n) is 6.48. The number of carbonyl (C=O) groups is 1. The van der Waals surface area contributed by atoms with Crippen molar-refractivity contribution < 1.29 is 9.90 Å². The molecule has 1 aliphatic heterocycles. The van der Waals surface area contributed by atoms with Gasteiger partial charge in [0.1, 0.15) is 0 Å². The zero-order chi connectivity index (χ0) is 12.1. The maximum absolute atomic E-state index is 11.6. The lowest BCUT2D eigenvalue weighted by molar-refractivity contribution is -0.131. The van der Waals surface area contributed by atoms with Crippen LogP contribution in [-0.4, -0.2) is 35.6 Å². The Morgan fingerprint density at radius 1 is 1.50 bits per heavy atom. The Bertz CT molecular complexity index is 228. The second-order valence-electron chi connectivity index (χ2n) is 5.18. The van der Waals surface area contributed by atoms with Crippen molar-refractivity contribution in [3.8, 4) is 0 Å². The summed E-state index contributed by atoms with van der Waals surface area (Å²) in [4.78, 5) is 13.6. The van der Waals surface area contributed by atoms with Gasteiger partial charge in [-0.2, -0.15) is 0 Å². The number of amides is 1. The number of carbonyl (C=O) groups excluding carboxylic acids is 1. The number of rotatable bonds is 5. The largest absolute Gasteiger partial charge is 0.396 e. The third-order valence-electron chi connectivity index (χ3n) is 3.84. The molecule has 2 unspecified atom stereocenters. The standard InChI is InChI=1S/C13H25NO2/c1-4-12(10(2)3)11-5-7-14(9-11)13(16)6-8-15/h10-12,15H,4-9H2,1-3H3. The summed E-state index contributed by atoms with van der Waals surface area (Å²) in [5.41, 5.74) is 0. The molecule has 1 aliphatic rings. The van der Waals surface area contributed by atoms with Crippen molar-refractivity contribution in [3.05, 3.63) is 0 Å². The quantitative estimate of drug-likeness (QED) is 0.779. The molecule has 0 radical (unpaired) electrons. The lowest BCUT2D eigenvalue weighted by Gasteiger charge is -2.26. The van der Waals surface area contributed by atoms with Crippen LogP contribution in [0.15, 0.2) is 0 Å². The molecular weight excluding hydrogens is 202 g/mol. The molecule has 0 spiro atoms. The summed E-state index contributed by atoms with van der Waals surface area (Å²) >= 11 is 0. The second-order valence-corrected chi connectivity index (χ2v) is 5.18. The maximum atomic E-state index is 11.6. The van der Waals surface area contributed by atoms with Gasteiger partial charge in [-0.15, -0.1) is 0 Å². The summed E-state index contributed by atoms with van der Waals surface area (Å²) in [5.74, 6) is 2.20. The van der Waals surface area contributed by atoms with Gasteiger partial charge in [-0.3, -0.25) is 4.79 Å². The minimum atomic E-state index is -0.0264. The molecule has 1 amide bonds. The van der Waals surface area contributed by atoms with Crippen LogP contribution in [0.1, 0.15) is 40.0 Å². The minimum absolute atomic E-state index is 0.0264. The number of nitrogens with zero attached hydrogens (tertiary/aromatic N) is 1. The van der Waals surface area contributed by atoms with Crippen LogP contribution in [0.5, 0.6) is 0 Å². The Balaban J connectivity index is 2.48. The van der Waals surface area contributed by atoms with Crippen molar-refractivity contribution in [2.75, 3.05) is 19.7 Å². The van der Waals surface area contributed by atoms with Crippen molar-refractivity contribution in [1.29, 1.82) is 0 Å². The average molecular weight is 227 g/mol. The summed E-state index contributed by atoms with van der Waals surface area (Å²) in [5, 5.41) is 8.76. The van der Waals surface area contributed by atoms with Gasteiger partial charge in [0.15, 0.2) is 0 Å². The molecule has 0 aromatic rings. The van der Waals surface area contributed by atoms with E-state index in [1.165, 1.54) is 6.42 Å². The fraction of sp³-hybridized carbons (Fsp3) is 0.923. The Morgan fingerprint density at radius 2 is 2.19 bits per heavy atom. The molecule has 0 aromatic carbocycles. The van der Waals surface area contributed by atoms with E-state index in [1.54, 1.807) is 0 Å². The Hall–Kier alpha value is -0.570. The van der Waals surface area contributed by atoms with E-state index >= 15 is 0 Å². The van der Waals surface area contributed by atoms with Gasteiger partial charge in [-0.25, -0.2) is 0 Å². The van der Waals surface area contributed by atoms with E-state index in [4.69, 9.17) is 5.11 Å². The van der Waals surface area contributed by atoms with Gasteiger partial charge in [0.25, 0.3) is 0 Å². The molecule has 3 nitrogen and oxygen atoms in total. The molecule has 16 heavy (non-hydrogen) atoms. The molecule has 2 atom stereocenters. The summed E-state index contributed by atoms with van der Waals surface area (Å²) in [6.45, 7) is 8.53. The first kappa shape index (κ1) is 13.5. The zero-order valence-electron chi connectivity index (χ0n) is 10.8. The van der Waals surface area contributed by atoms with Gasteiger partial charge in [0.05, 0.1) is 6.61 Å². The van der Waals surface area contributed by atoms with E-state index in [-0.39, 0.29) is 18.9 Å². The minimum Gasteiger partial charge on any atom is -0.396 e. The summed E-state index contributed by atoms with van der Waals surface area (Å²) in [7, 11) is 0. The second kappa shape index (κ2) is 6.24. The van der Waals surface area contributed by atoms with E-state index < -0.39 is 0 Å². The Morgan fingerprint density at radius 3 is 2.69 bits per heavy atom. The smallest absolute Gasteiger partial charge is 0.224 e. The van der Waals surface area contributed by atoms with Gasteiger partial charge in [0, 0.05) is 19.5 Å². The van der Waals surface area contributed by atoms with Crippen LogP contribution in [0.25, 0.3) is 0 Å². The van der Waals surface area contributed by atoms with Crippen molar-refractivity contribution in [2.45, 2.75) is 40.0 Å². The number of aliphatic hydroxyl groups is 1. The molecule has 0 aromatic heterocycles. The summed E-state index contributed by atoms with van der Waals surface area (Å²) in [6, 6.07) is 0. The fourth-order valence-corrected chi connectivity index (χ4v) is 2.97. The first-order valence-corrected chi connectivity index (χ1v) is 6.48. The van der Waals surface area contributed by atoms with E-state index in [9.17, 15) is 4.79 Å². The molecule has 1 heterocycles. The van der Waals surface area contributed by atoms with Crippen LogP contribution in [0.3, 0.4) is 0 Å². The van der Waals surface area contributed by atoms with Crippen LogP contribution in [-0.2, 0) is 4.79 Å². The lowest BCUT2D eigenvalue weighted by Crippen LogP contribution is -2.31. The highest BCUT2D eigenvalue weighted by Crippen LogP contribution is 2.31. The van der Waals surface area contributed by atoms with Crippen molar-refractivity contribution in [2.24, 2.45) is 17.8 Å². The van der Waals surface area contributed by atoms with Crippen LogP contribution < -0.4 is 0 Å². The number of aliphatic hydroxyl groups excluding tert-OH is 1. The van der Waals surface area contributed by atoms with Gasteiger partial charge in [0.2, 0.25) is 5.91 Å². The number of hydrogen-bond acceptors (Lipinski definition) is 2. The van der Waals surface area contributed by atoms with Gasteiger partial charge in [-0.05, 0) is 24.2 Å². The van der Waals surface area contributed by atoms with Crippen LogP contribution >= 0.6 is 0 Å². The summed E-state index contributed by atoms with van der Waals surface area (Å²) in [6.07, 6.45) is 2.61. The van der Waals surface area contributed by atoms with Gasteiger partial charge in [-0.1, -0.05) is 27.2 Å². The molecule has 94 valence electrons. The molecule has 1 rings (SSSR count). The number of likely N-dealkylation sites (tertiary alicyclic amines) is 1. The van der Waals surface area contributed by atoms with Crippen molar-refractivity contribution in [1.82, 2.24) is 4.90 Å². The van der Waals surface area contributed by atoms with Crippen molar-refractivity contribution >= 4 is 5.91 Å². The zero-order valence-corrected chi connectivity index (χ0v) is 10.8. The molecule has 1 N–H and O–H groups in total. The highest BCUT2D eigenvalue weighted by atomic mass is 16.3. The molecule has 0 aliphatic carbocycles. The van der Waals surface area contributed by atoms with E-state index in [0.717, 1.165) is 25.4 Å². The first-order chi connectivity index (χ1) is 7.60. The fourth-order valence-electron chi connectivity index (χ4n) is 2.97. The van der Waals surface area contributed by atoms with Crippen molar-refractivity contribution in [3.63, 3.8) is 0 Å².